The van der Waals surface area contributed by atoms with Crippen LogP contribution in [0.5, 0.6) is 0 Å². The molecule has 2 rings (SSSR count). The molecule has 1 unspecified atom stereocenters. The first-order valence-electron chi connectivity index (χ1n) is 7.22. The van der Waals surface area contributed by atoms with Gasteiger partial charge in [-0.15, -0.1) is 0 Å². The molecule has 1 atom stereocenters. The lowest BCUT2D eigenvalue weighted by molar-refractivity contribution is -0.119. The summed E-state index contributed by atoms with van der Waals surface area (Å²) in [5.74, 6) is 2.21. The molecular formula is C16H24N2O2S. The summed E-state index contributed by atoms with van der Waals surface area (Å²) in [6.07, 6.45) is 1.17. The van der Waals surface area contributed by atoms with Crippen LogP contribution >= 0.6 is 11.8 Å². The molecule has 0 spiro atoms. The highest BCUT2D eigenvalue weighted by atomic mass is 32.2. The zero-order valence-electron chi connectivity index (χ0n) is 12.9. The van der Waals surface area contributed by atoms with E-state index in [4.69, 9.17) is 4.74 Å². The van der Waals surface area contributed by atoms with Crippen LogP contribution in [0, 0.1) is 5.41 Å². The van der Waals surface area contributed by atoms with Crippen molar-refractivity contribution in [2.75, 3.05) is 35.9 Å². The highest BCUT2D eigenvalue weighted by molar-refractivity contribution is 7.99. The molecule has 0 aromatic heterocycles. The number of thioether (sulfide) groups is 1. The van der Waals surface area contributed by atoms with Gasteiger partial charge in [0.2, 0.25) is 5.91 Å². The molecule has 1 aliphatic heterocycles. The molecular weight excluding hydrogens is 284 g/mol. The number of hydrogen-bond donors (Lipinski definition) is 2. The fraction of sp³-hybridized carbons (Fsp3) is 0.562. The minimum Gasteiger partial charge on any atom is -0.381 e. The number of nitrogens with one attached hydrogen (secondary N) is 2. The van der Waals surface area contributed by atoms with Crippen molar-refractivity contribution in [1.29, 1.82) is 0 Å². The third kappa shape index (κ3) is 5.25. The van der Waals surface area contributed by atoms with Crippen molar-refractivity contribution in [3.05, 3.63) is 24.3 Å². The molecule has 2 N–H and O–H groups in total. The normalized spacial score (nSPS) is 20.8. The maximum absolute atomic E-state index is 11.5. The number of ether oxygens (including phenoxy) is 1. The van der Waals surface area contributed by atoms with E-state index in [9.17, 15) is 4.79 Å². The highest BCUT2D eigenvalue weighted by Gasteiger charge is 2.28. The Balaban J connectivity index is 1.96. The Morgan fingerprint density at radius 2 is 2.19 bits per heavy atom. The molecule has 5 heteroatoms. The second-order valence-electron chi connectivity index (χ2n) is 6.29. The summed E-state index contributed by atoms with van der Waals surface area (Å²) >= 11 is 2.00. The lowest BCUT2D eigenvalue weighted by atomic mass is 9.88. The van der Waals surface area contributed by atoms with Crippen LogP contribution in [-0.4, -0.2) is 37.2 Å². The van der Waals surface area contributed by atoms with Crippen molar-refractivity contribution >= 4 is 29.0 Å². The van der Waals surface area contributed by atoms with Crippen molar-refractivity contribution in [3.63, 3.8) is 0 Å². The second-order valence-corrected chi connectivity index (χ2v) is 7.32. The van der Waals surface area contributed by atoms with Gasteiger partial charge in [0.15, 0.2) is 0 Å². The van der Waals surface area contributed by atoms with Crippen molar-refractivity contribution in [2.45, 2.75) is 26.3 Å². The standard InChI is InChI=1S/C16H24N2O2S/c1-16(2)8-14(10-21-11-16)17-12-5-4-6-13(7-12)18-15(19)9-20-3/h4-7,14,17H,8-11H2,1-3H3,(H,18,19). The first kappa shape index (κ1) is 16.2. The van der Waals surface area contributed by atoms with Crippen LogP contribution in [0.25, 0.3) is 0 Å². The molecule has 0 bridgehead atoms. The van der Waals surface area contributed by atoms with Gasteiger partial charge < -0.3 is 15.4 Å². The Morgan fingerprint density at radius 1 is 1.43 bits per heavy atom. The van der Waals surface area contributed by atoms with E-state index in [2.05, 4.69) is 24.5 Å². The van der Waals surface area contributed by atoms with Gasteiger partial charge in [-0.3, -0.25) is 4.79 Å². The molecule has 1 aromatic rings. The SMILES string of the molecule is COCC(=O)Nc1cccc(NC2CSCC(C)(C)C2)c1. The number of carbonyl (C=O) groups is 1. The zero-order chi connectivity index (χ0) is 15.3. The van der Waals surface area contributed by atoms with Gasteiger partial charge in [0.05, 0.1) is 0 Å². The summed E-state index contributed by atoms with van der Waals surface area (Å²) in [7, 11) is 1.51. The van der Waals surface area contributed by atoms with Crippen molar-refractivity contribution in [1.82, 2.24) is 0 Å². The third-order valence-corrected chi connectivity index (χ3v) is 5.03. The van der Waals surface area contributed by atoms with Crippen molar-refractivity contribution in [3.8, 4) is 0 Å². The van der Waals surface area contributed by atoms with Gasteiger partial charge in [0.25, 0.3) is 0 Å². The molecule has 0 saturated carbocycles. The van der Waals surface area contributed by atoms with E-state index in [-0.39, 0.29) is 12.5 Å². The number of carbonyl (C=O) groups excluding carboxylic acids is 1. The number of anilines is 2. The fourth-order valence-electron chi connectivity index (χ4n) is 2.61. The van der Waals surface area contributed by atoms with E-state index < -0.39 is 0 Å². The lowest BCUT2D eigenvalue weighted by Crippen LogP contribution is -2.35. The van der Waals surface area contributed by atoms with Crippen LogP contribution in [0.3, 0.4) is 0 Å². The van der Waals surface area contributed by atoms with Gasteiger partial charge in [0.1, 0.15) is 6.61 Å². The van der Waals surface area contributed by atoms with E-state index in [0.717, 1.165) is 17.1 Å². The average molecular weight is 308 g/mol. The maximum Gasteiger partial charge on any atom is 0.250 e. The molecule has 1 fully saturated rings. The van der Waals surface area contributed by atoms with Crippen LogP contribution in [-0.2, 0) is 9.53 Å². The van der Waals surface area contributed by atoms with Crippen molar-refractivity contribution < 1.29 is 9.53 Å². The molecule has 0 aliphatic carbocycles. The summed E-state index contributed by atoms with van der Waals surface area (Å²) in [5, 5.41) is 6.41. The molecule has 1 saturated heterocycles. The predicted octanol–water partition coefficient (Wildman–Crippen LogP) is 3.22. The molecule has 1 aromatic carbocycles. The first-order chi connectivity index (χ1) is 9.98. The molecule has 4 nitrogen and oxygen atoms in total. The Bertz CT molecular complexity index is 491. The number of benzene rings is 1. The Hall–Kier alpha value is -1.20. The molecule has 21 heavy (non-hydrogen) atoms. The van der Waals surface area contributed by atoms with Gasteiger partial charge in [-0.25, -0.2) is 0 Å². The molecule has 1 aliphatic rings. The summed E-state index contributed by atoms with van der Waals surface area (Å²) in [5.41, 5.74) is 2.23. The quantitative estimate of drug-likeness (QED) is 0.877. The van der Waals surface area contributed by atoms with Gasteiger partial charge in [0, 0.05) is 30.3 Å². The van der Waals surface area contributed by atoms with Crippen LogP contribution in [0.2, 0.25) is 0 Å². The Kier molecular flexibility index (Phi) is 5.53. The van der Waals surface area contributed by atoms with Crippen LogP contribution in [0.4, 0.5) is 11.4 Å². The van der Waals surface area contributed by atoms with E-state index in [1.165, 1.54) is 19.3 Å². The number of methoxy groups -OCH3 is 1. The summed E-state index contributed by atoms with van der Waals surface area (Å²) in [6, 6.07) is 8.33. The number of amides is 1. The monoisotopic (exact) mass is 308 g/mol. The number of rotatable bonds is 5. The Morgan fingerprint density at radius 3 is 2.90 bits per heavy atom. The average Bonchev–Trinajstić information content (AvgIpc) is 2.38. The van der Waals surface area contributed by atoms with Gasteiger partial charge in [-0.05, 0) is 35.8 Å². The smallest absolute Gasteiger partial charge is 0.250 e. The van der Waals surface area contributed by atoms with Crippen LogP contribution in [0.1, 0.15) is 20.3 Å². The third-order valence-electron chi connectivity index (χ3n) is 3.40. The summed E-state index contributed by atoms with van der Waals surface area (Å²) in [6.45, 7) is 4.70. The van der Waals surface area contributed by atoms with Crippen molar-refractivity contribution in [2.24, 2.45) is 5.41 Å². The minimum absolute atomic E-state index is 0.0745. The lowest BCUT2D eigenvalue weighted by Gasteiger charge is -2.35. The second kappa shape index (κ2) is 7.18. The van der Waals surface area contributed by atoms with Gasteiger partial charge >= 0.3 is 0 Å². The van der Waals surface area contributed by atoms with E-state index in [1.54, 1.807) is 0 Å². The maximum atomic E-state index is 11.5. The molecule has 0 radical (unpaired) electrons. The predicted molar refractivity (Wildman–Crippen MR) is 90.1 cm³/mol. The first-order valence-corrected chi connectivity index (χ1v) is 8.37. The summed E-state index contributed by atoms with van der Waals surface area (Å²) < 4.78 is 4.82. The fourth-order valence-corrected chi connectivity index (χ4v) is 3.88. The molecule has 1 heterocycles. The van der Waals surface area contributed by atoms with Gasteiger partial charge in [-0.1, -0.05) is 19.9 Å². The molecule has 1 amide bonds. The topological polar surface area (TPSA) is 50.4 Å². The van der Waals surface area contributed by atoms with Crippen LogP contribution in [0.15, 0.2) is 24.3 Å². The largest absolute Gasteiger partial charge is 0.381 e. The van der Waals surface area contributed by atoms with Gasteiger partial charge in [-0.2, -0.15) is 11.8 Å². The van der Waals surface area contributed by atoms with E-state index in [0.29, 0.717) is 11.5 Å². The zero-order valence-corrected chi connectivity index (χ0v) is 13.8. The highest BCUT2D eigenvalue weighted by Crippen LogP contribution is 2.34. The number of hydrogen-bond acceptors (Lipinski definition) is 4. The summed E-state index contributed by atoms with van der Waals surface area (Å²) in [4.78, 5) is 11.5. The van der Waals surface area contributed by atoms with E-state index in [1.807, 2.05) is 36.0 Å². The Labute approximate surface area is 131 Å². The van der Waals surface area contributed by atoms with Crippen LogP contribution < -0.4 is 10.6 Å². The minimum atomic E-state index is -0.135. The van der Waals surface area contributed by atoms with E-state index >= 15 is 0 Å². The molecule has 116 valence electrons.